The number of aromatic nitrogens is 1. The molecule has 34 heavy (non-hydrogen) atoms. The maximum Gasteiger partial charge on any atom is 0.258 e. The summed E-state index contributed by atoms with van der Waals surface area (Å²) in [5.74, 6) is 0.452. The van der Waals surface area contributed by atoms with Gasteiger partial charge in [-0.25, -0.2) is 8.42 Å². The largest absolute Gasteiger partial charge is 0.486 e. The highest BCUT2D eigenvalue weighted by molar-refractivity contribution is 7.89. The predicted octanol–water partition coefficient (Wildman–Crippen LogP) is 1.48. The van der Waals surface area contributed by atoms with Gasteiger partial charge in [0.05, 0.1) is 4.90 Å². The summed E-state index contributed by atoms with van der Waals surface area (Å²) in [5, 5.41) is 15.1. The van der Waals surface area contributed by atoms with Crippen LogP contribution in [0.1, 0.15) is 11.8 Å². The van der Waals surface area contributed by atoms with Crippen LogP contribution in [0.25, 0.3) is 11.0 Å². The van der Waals surface area contributed by atoms with Gasteiger partial charge in [0.15, 0.2) is 23.2 Å². The molecule has 0 radical (unpaired) electrons. The minimum Gasteiger partial charge on any atom is -0.486 e. The Hall–Kier alpha value is -3.41. The number of sulfonamides is 1. The second-order valence-corrected chi connectivity index (χ2v) is 10.4. The number of ether oxygens (including phenoxy) is 2. The van der Waals surface area contributed by atoms with E-state index in [0.717, 1.165) is 11.1 Å². The second kappa shape index (κ2) is 7.83. The van der Waals surface area contributed by atoms with Crippen LogP contribution in [-0.2, 0) is 14.8 Å². The summed E-state index contributed by atoms with van der Waals surface area (Å²) in [6.45, 7) is 1.70. The van der Waals surface area contributed by atoms with E-state index in [1.54, 1.807) is 30.3 Å². The highest BCUT2D eigenvalue weighted by atomic mass is 32.2. The van der Waals surface area contributed by atoms with Crippen molar-refractivity contribution >= 4 is 26.9 Å². The molecule has 2 aromatic carbocycles. The lowest BCUT2D eigenvalue weighted by molar-refractivity contribution is -0.139. The number of fused-ring (bicyclic) bond motifs is 2. The van der Waals surface area contributed by atoms with Crippen molar-refractivity contribution < 1.29 is 32.3 Å². The predicted molar refractivity (Wildman–Crippen MR) is 119 cm³/mol. The minimum atomic E-state index is -3.75. The number of para-hydroxylation sites is 1. The van der Waals surface area contributed by atoms with Crippen LogP contribution < -0.4 is 9.47 Å². The molecule has 0 aliphatic carbocycles. The molecular weight excluding hydrogens is 462 g/mol. The summed E-state index contributed by atoms with van der Waals surface area (Å²) in [6.07, 6.45) is -1.46. The standard InChI is InChI=1S/C23H21N3O7S/c27-22(21-17-3-1-2-4-18(17)33-24-21)23(28)25-10-14-12-26(13-15(14)11-25)34(29,30)16-5-6-19-20(9-16)32-8-7-31-19/h1-6,9,22,27H,7-8,10-13H2. The van der Waals surface area contributed by atoms with E-state index in [1.807, 2.05) is 0 Å². The third-order valence-electron chi connectivity index (χ3n) is 6.36. The lowest BCUT2D eigenvalue weighted by Crippen LogP contribution is -2.38. The lowest BCUT2D eigenvalue weighted by atomic mass is 10.1. The first kappa shape index (κ1) is 21.1. The van der Waals surface area contributed by atoms with Crippen LogP contribution >= 0.6 is 0 Å². The number of hydrogen-bond acceptors (Lipinski definition) is 8. The van der Waals surface area contributed by atoms with E-state index >= 15 is 0 Å². The zero-order chi connectivity index (χ0) is 23.4. The molecule has 3 aliphatic heterocycles. The van der Waals surface area contributed by atoms with Crippen molar-refractivity contribution in [2.75, 3.05) is 39.4 Å². The summed E-state index contributed by atoms with van der Waals surface area (Å²) in [6, 6.07) is 11.6. The van der Waals surface area contributed by atoms with Gasteiger partial charge in [0, 0.05) is 37.6 Å². The molecular formula is C23H21N3O7S. The van der Waals surface area contributed by atoms with Crippen molar-refractivity contribution in [3.8, 4) is 11.5 Å². The molecule has 0 saturated carbocycles. The van der Waals surface area contributed by atoms with E-state index in [2.05, 4.69) is 5.16 Å². The number of aliphatic hydroxyl groups excluding tert-OH is 1. The van der Waals surface area contributed by atoms with E-state index in [-0.39, 0.29) is 36.8 Å². The molecule has 4 heterocycles. The molecule has 0 saturated heterocycles. The van der Waals surface area contributed by atoms with Gasteiger partial charge in [-0.2, -0.15) is 4.31 Å². The molecule has 3 aliphatic rings. The smallest absolute Gasteiger partial charge is 0.258 e. The molecule has 176 valence electrons. The normalized spacial score (nSPS) is 19.0. The van der Waals surface area contributed by atoms with Gasteiger partial charge < -0.3 is 24.0 Å². The van der Waals surface area contributed by atoms with E-state index in [0.29, 0.717) is 35.7 Å². The number of hydrogen-bond donors (Lipinski definition) is 1. The molecule has 1 aromatic heterocycles. The summed E-state index contributed by atoms with van der Waals surface area (Å²) < 4.78 is 44.0. The molecule has 0 fully saturated rings. The van der Waals surface area contributed by atoms with E-state index in [4.69, 9.17) is 14.0 Å². The number of benzene rings is 2. The van der Waals surface area contributed by atoms with Crippen molar-refractivity contribution in [3.05, 3.63) is 59.3 Å². The van der Waals surface area contributed by atoms with Crippen LogP contribution in [0.15, 0.2) is 63.0 Å². The summed E-state index contributed by atoms with van der Waals surface area (Å²) in [5.41, 5.74) is 2.40. The molecule has 1 unspecified atom stereocenters. The number of nitrogens with zero attached hydrogens (tertiary/aromatic N) is 3. The first-order valence-electron chi connectivity index (χ1n) is 10.8. The molecule has 11 heteroatoms. The van der Waals surface area contributed by atoms with Gasteiger partial charge in [0.2, 0.25) is 10.0 Å². The third kappa shape index (κ3) is 3.35. The highest BCUT2D eigenvalue weighted by Gasteiger charge is 2.40. The topological polar surface area (TPSA) is 122 Å². The highest BCUT2D eigenvalue weighted by Crippen LogP contribution is 2.36. The first-order chi connectivity index (χ1) is 16.4. The van der Waals surface area contributed by atoms with Crippen LogP contribution in [0, 0.1) is 0 Å². The SMILES string of the molecule is O=C(C(O)c1noc2ccccc12)N1CC2=C(C1)CN(S(=O)(=O)c1ccc3c(c1)OCCO3)C2. The minimum absolute atomic E-state index is 0.138. The molecule has 1 amide bonds. The van der Waals surface area contributed by atoms with Crippen LogP contribution in [0.3, 0.4) is 0 Å². The van der Waals surface area contributed by atoms with Crippen LogP contribution in [0.4, 0.5) is 0 Å². The van der Waals surface area contributed by atoms with E-state index < -0.39 is 22.0 Å². The average Bonchev–Trinajstić information content (AvgIpc) is 3.56. The Labute approximate surface area is 195 Å². The molecule has 1 N–H and O–H groups in total. The van der Waals surface area contributed by atoms with Gasteiger partial charge in [-0.3, -0.25) is 4.79 Å². The third-order valence-corrected chi connectivity index (χ3v) is 8.15. The Bertz CT molecular complexity index is 1430. The van der Waals surface area contributed by atoms with Gasteiger partial charge in [-0.05, 0) is 35.4 Å². The number of aliphatic hydroxyl groups is 1. The first-order valence-corrected chi connectivity index (χ1v) is 12.3. The summed E-state index contributed by atoms with van der Waals surface area (Å²) >= 11 is 0. The fraction of sp³-hybridized carbons (Fsp3) is 0.304. The van der Waals surface area contributed by atoms with Crippen molar-refractivity contribution in [1.82, 2.24) is 14.4 Å². The molecule has 0 spiro atoms. The molecule has 6 rings (SSSR count). The van der Waals surface area contributed by atoms with Crippen molar-refractivity contribution in [3.63, 3.8) is 0 Å². The monoisotopic (exact) mass is 483 g/mol. The number of carbonyl (C=O) groups is 1. The van der Waals surface area contributed by atoms with Crippen LogP contribution in [0.5, 0.6) is 11.5 Å². The van der Waals surface area contributed by atoms with Gasteiger partial charge in [0.1, 0.15) is 18.9 Å². The van der Waals surface area contributed by atoms with Gasteiger partial charge in [0.25, 0.3) is 5.91 Å². The Balaban J connectivity index is 1.15. The quantitative estimate of drug-likeness (QED) is 0.554. The van der Waals surface area contributed by atoms with Gasteiger partial charge in [-0.1, -0.05) is 17.3 Å². The van der Waals surface area contributed by atoms with Gasteiger partial charge >= 0.3 is 0 Å². The van der Waals surface area contributed by atoms with Crippen molar-refractivity contribution in [2.45, 2.75) is 11.0 Å². The summed E-state index contributed by atoms with van der Waals surface area (Å²) in [7, 11) is -3.75. The van der Waals surface area contributed by atoms with Crippen molar-refractivity contribution in [2.24, 2.45) is 0 Å². The average molecular weight is 484 g/mol. The molecule has 10 nitrogen and oxygen atoms in total. The lowest BCUT2D eigenvalue weighted by Gasteiger charge is -2.24. The fourth-order valence-corrected chi connectivity index (χ4v) is 6.04. The number of carbonyl (C=O) groups excluding carboxylic acids is 1. The molecule has 3 aromatic rings. The van der Waals surface area contributed by atoms with Crippen LogP contribution in [-0.4, -0.2) is 73.2 Å². The van der Waals surface area contributed by atoms with Crippen molar-refractivity contribution in [1.29, 1.82) is 0 Å². The van der Waals surface area contributed by atoms with Gasteiger partial charge in [-0.15, -0.1) is 0 Å². The Kier molecular flexibility index (Phi) is 4.87. The fourth-order valence-electron chi connectivity index (χ4n) is 4.60. The zero-order valence-corrected chi connectivity index (χ0v) is 18.8. The Morgan fingerprint density at radius 2 is 1.68 bits per heavy atom. The number of amides is 1. The second-order valence-electron chi connectivity index (χ2n) is 8.45. The van der Waals surface area contributed by atoms with E-state index in [9.17, 15) is 18.3 Å². The Morgan fingerprint density at radius 1 is 0.971 bits per heavy atom. The number of rotatable bonds is 4. The Morgan fingerprint density at radius 3 is 2.44 bits per heavy atom. The maximum atomic E-state index is 13.2. The van der Waals surface area contributed by atoms with E-state index in [1.165, 1.54) is 21.3 Å². The molecule has 1 atom stereocenters. The van der Waals surface area contributed by atoms with Crippen LogP contribution in [0.2, 0.25) is 0 Å². The summed E-state index contributed by atoms with van der Waals surface area (Å²) in [4.78, 5) is 14.6. The maximum absolute atomic E-state index is 13.2. The molecule has 0 bridgehead atoms. The zero-order valence-electron chi connectivity index (χ0n) is 18.0.